The molecule has 0 radical (unpaired) electrons. The topological polar surface area (TPSA) is 115 Å². The molecule has 7 nitrogen and oxygen atoms in total. The molecule has 3 aromatic rings. The number of fused-ring (bicyclic) bond motifs is 1. The first-order valence-electron chi connectivity index (χ1n) is 6.14. The predicted molar refractivity (Wildman–Crippen MR) is 74.2 cm³/mol. The van der Waals surface area contributed by atoms with E-state index in [-0.39, 0.29) is 0 Å². The minimum atomic E-state index is -1.63. The minimum Gasteiger partial charge on any atom is -0.368 e. The normalized spacial score (nSPS) is 13.7. The third-order valence-corrected chi connectivity index (χ3v) is 3.46. The molecule has 1 atom stereocenters. The van der Waals surface area contributed by atoms with Crippen molar-refractivity contribution < 1.29 is 9.59 Å². The van der Waals surface area contributed by atoms with Crippen molar-refractivity contribution in [2.45, 2.75) is 5.41 Å². The molecule has 3 N–H and O–H groups in total. The largest absolute Gasteiger partial charge is 0.368 e. The van der Waals surface area contributed by atoms with Crippen LogP contribution < -0.4 is 5.73 Å². The van der Waals surface area contributed by atoms with Crippen molar-refractivity contribution in [3.8, 4) is 0 Å². The summed E-state index contributed by atoms with van der Waals surface area (Å²) in [7, 11) is 0. The zero-order valence-corrected chi connectivity index (χ0v) is 10.9. The molecule has 1 amide bonds. The average molecular weight is 281 g/mol. The Morgan fingerprint density at radius 3 is 2.86 bits per heavy atom. The lowest BCUT2D eigenvalue weighted by atomic mass is 9.76. The molecule has 0 aromatic carbocycles. The highest BCUT2D eigenvalue weighted by Gasteiger charge is 2.42. The third-order valence-electron chi connectivity index (χ3n) is 3.46. The van der Waals surface area contributed by atoms with Gasteiger partial charge in [0.15, 0.2) is 5.41 Å². The maximum atomic E-state index is 12.1. The number of nitrogens with one attached hydrogen (secondary N) is 1. The summed E-state index contributed by atoms with van der Waals surface area (Å²) >= 11 is 0. The maximum absolute atomic E-state index is 12.1. The molecule has 0 bridgehead atoms. The van der Waals surface area contributed by atoms with E-state index in [0.717, 1.165) is 0 Å². The van der Waals surface area contributed by atoms with Crippen LogP contribution >= 0.6 is 0 Å². The second kappa shape index (κ2) is 4.78. The number of primary amides is 1. The number of rotatable bonds is 4. The summed E-state index contributed by atoms with van der Waals surface area (Å²) < 4.78 is 0. The van der Waals surface area contributed by atoms with Gasteiger partial charge in [-0.15, -0.1) is 0 Å². The van der Waals surface area contributed by atoms with E-state index in [1.807, 2.05) is 0 Å². The molecule has 0 aliphatic heterocycles. The zero-order valence-electron chi connectivity index (χ0n) is 10.9. The first-order chi connectivity index (χ1) is 10.2. The Kier molecular flexibility index (Phi) is 2.94. The van der Waals surface area contributed by atoms with Crippen molar-refractivity contribution in [2.24, 2.45) is 5.73 Å². The number of aldehydes is 1. The number of hydrogen-bond acceptors (Lipinski definition) is 5. The van der Waals surface area contributed by atoms with Crippen molar-refractivity contribution in [2.75, 3.05) is 0 Å². The van der Waals surface area contributed by atoms with Gasteiger partial charge >= 0.3 is 0 Å². The molecule has 0 fully saturated rings. The van der Waals surface area contributed by atoms with Crippen LogP contribution in [0.3, 0.4) is 0 Å². The summed E-state index contributed by atoms with van der Waals surface area (Å²) in [6.45, 7) is 0. The second-order valence-corrected chi connectivity index (χ2v) is 4.52. The van der Waals surface area contributed by atoms with E-state index in [1.165, 1.54) is 18.7 Å². The van der Waals surface area contributed by atoms with Crippen LogP contribution in [0.4, 0.5) is 0 Å². The highest BCUT2D eigenvalue weighted by atomic mass is 16.2. The summed E-state index contributed by atoms with van der Waals surface area (Å²) in [4.78, 5) is 38.8. The molecule has 0 aliphatic carbocycles. The van der Waals surface area contributed by atoms with Gasteiger partial charge < -0.3 is 15.5 Å². The monoisotopic (exact) mass is 281 g/mol. The fraction of sp³-hybridized carbons (Fsp3) is 0.0714. The lowest BCUT2D eigenvalue weighted by molar-refractivity contribution is -0.126. The fourth-order valence-electron chi connectivity index (χ4n) is 2.40. The Labute approximate surface area is 119 Å². The van der Waals surface area contributed by atoms with Gasteiger partial charge in [-0.1, -0.05) is 6.07 Å². The molecule has 0 spiro atoms. The standard InChI is InChI=1S/C14H11N5O2/c15-13(21)14(7-20,9-2-1-3-16-4-9)11-6-18-12-10(11)5-17-8-19-12/h1-8H,(H2,15,21)(H,17,18,19). The fourth-order valence-corrected chi connectivity index (χ4v) is 2.40. The van der Waals surface area contributed by atoms with E-state index < -0.39 is 11.3 Å². The maximum Gasteiger partial charge on any atom is 0.240 e. The van der Waals surface area contributed by atoms with E-state index in [9.17, 15) is 9.59 Å². The van der Waals surface area contributed by atoms with Gasteiger partial charge in [0.1, 0.15) is 18.3 Å². The number of aromatic amines is 1. The second-order valence-electron chi connectivity index (χ2n) is 4.52. The lowest BCUT2D eigenvalue weighted by Gasteiger charge is -2.24. The van der Waals surface area contributed by atoms with Crippen molar-refractivity contribution in [3.63, 3.8) is 0 Å². The smallest absolute Gasteiger partial charge is 0.240 e. The first kappa shape index (κ1) is 12.9. The van der Waals surface area contributed by atoms with Crippen molar-refractivity contribution in [3.05, 3.63) is 54.4 Å². The molecule has 0 saturated heterocycles. The SMILES string of the molecule is NC(=O)C(C=O)(c1cccnc1)c1c[nH]c2ncncc12. The van der Waals surface area contributed by atoms with Crippen LogP contribution in [0.1, 0.15) is 11.1 Å². The molecule has 0 aliphatic rings. The number of amides is 1. The van der Waals surface area contributed by atoms with E-state index in [4.69, 9.17) is 5.73 Å². The van der Waals surface area contributed by atoms with E-state index >= 15 is 0 Å². The summed E-state index contributed by atoms with van der Waals surface area (Å²) in [6, 6.07) is 3.27. The first-order valence-corrected chi connectivity index (χ1v) is 6.14. The van der Waals surface area contributed by atoms with Gasteiger partial charge in [0.05, 0.1) is 0 Å². The van der Waals surface area contributed by atoms with Gasteiger partial charge in [0, 0.05) is 35.7 Å². The van der Waals surface area contributed by atoms with E-state index in [2.05, 4.69) is 19.9 Å². The van der Waals surface area contributed by atoms with Gasteiger partial charge in [-0.25, -0.2) is 9.97 Å². The highest BCUT2D eigenvalue weighted by molar-refractivity contribution is 6.09. The molecular weight excluding hydrogens is 270 g/mol. The van der Waals surface area contributed by atoms with Gasteiger partial charge in [0.2, 0.25) is 5.91 Å². The molecule has 104 valence electrons. The number of pyridine rings is 1. The number of nitrogens with two attached hydrogens (primary N) is 1. The molecule has 7 heteroatoms. The van der Waals surface area contributed by atoms with Gasteiger partial charge in [-0.05, 0) is 11.6 Å². The average Bonchev–Trinajstić information content (AvgIpc) is 2.94. The van der Waals surface area contributed by atoms with Crippen LogP contribution in [-0.4, -0.2) is 32.1 Å². The molecular formula is C14H11N5O2. The molecule has 1 unspecified atom stereocenters. The predicted octanol–water partition coefficient (Wildman–Crippen LogP) is 0.323. The van der Waals surface area contributed by atoms with Crippen LogP contribution in [0.25, 0.3) is 11.0 Å². The minimum absolute atomic E-state index is 0.400. The zero-order chi connectivity index (χ0) is 14.9. The van der Waals surface area contributed by atoms with Crippen molar-refractivity contribution in [1.29, 1.82) is 0 Å². The van der Waals surface area contributed by atoms with Gasteiger partial charge in [0.25, 0.3) is 0 Å². The Balaban J connectivity index is 2.36. The Hall–Kier alpha value is -3.09. The Morgan fingerprint density at radius 2 is 2.19 bits per heavy atom. The van der Waals surface area contributed by atoms with Crippen LogP contribution in [-0.2, 0) is 15.0 Å². The molecule has 3 heterocycles. The number of carbonyl (C=O) groups excluding carboxylic acids is 2. The van der Waals surface area contributed by atoms with Crippen LogP contribution in [0.15, 0.2) is 43.2 Å². The third kappa shape index (κ3) is 1.78. The highest BCUT2D eigenvalue weighted by Crippen LogP contribution is 2.34. The molecule has 0 saturated carbocycles. The van der Waals surface area contributed by atoms with Crippen LogP contribution in [0, 0.1) is 0 Å². The number of nitrogens with zero attached hydrogens (tertiary/aromatic N) is 3. The van der Waals surface area contributed by atoms with Crippen LogP contribution in [0.2, 0.25) is 0 Å². The Morgan fingerprint density at radius 1 is 1.33 bits per heavy atom. The number of H-pyrrole nitrogens is 1. The Bertz CT molecular complexity index is 814. The van der Waals surface area contributed by atoms with E-state index in [0.29, 0.717) is 28.4 Å². The van der Waals surface area contributed by atoms with Gasteiger partial charge in [-0.2, -0.15) is 0 Å². The summed E-state index contributed by atoms with van der Waals surface area (Å²) in [5.41, 5.74) is 5.25. The van der Waals surface area contributed by atoms with Gasteiger partial charge in [-0.3, -0.25) is 9.78 Å². The number of carbonyl (C=O) groups is 2. The van der Waals surface area contributed by atoms with Crippen molar-refractivity contribution >= 4 is 23.2 Å². The summed E-state index contributed by atoms with van der Waals surface area (Å²) in [5, 5.41) is 0.562. The number of aromatic nitrogens is 4. The van der Waals surface area contributed by atoms with Crippen LogP contribution in [0.5, 0.6) is 0 Å². The van der Waals surface area contributed by atoms with Crippen molar-refractivity contribution in [1.82, 2.24) is 19.9 Å². The summed E-state index contributed by atoms with van der Waals surface area (Å²) in [5.74, 6) is -0.782. The van der Waals surface area contributed by atoms with E-state index in [1.54, 1.807) is 24.5 Å². The molecule has 3 rings (SSSR count). The number of hydrogen-bond donors (Lipinski definition) is 2. The molecule has 3 aromatic heterocycles. The molecule has 21 heavy (non-hydrogen) atoms. The lowest BCUT2D eigenvalue weighted by Crippen LogP contribution is -2.43. The summed E-state index contributed by atoms with van der Waals surface area (Å²) in [6.07, 6.45) is 7.99. The quantitative estimate of drug-likeness (QED) is 0.528.